The van der Waals surface area contributed by atoms with Crippen LogP contribution in [0, 0.1) is 5.92 Å². The van der Waals surface area contributed by atoms with E-state index in [1.54, 1.807) is 0 Å². The van der Waals surface area contributed by atoms with Gasteiger partial charge in [0.15, 0.2) is 0 Å². The Hall–Kier alpha value is -1.28. The van der Waals surface area contributed by atoms with Crippen molar-refractivity contribution in [1.29, 1.82) is 0 Å². The molecule has 17 heavy (non-hydrogen) atoms. The monoisotopic (exact) mass is 230 g/mol. The fourth-order valence-electron chi connectivity index (χ4n) is 2.34. The smallest absolute Gasteiger partial charge is 0.0483 e. The number of aromatic nitrogens is 1. The summed E-state index contributed by atoms with van der Waals surface area (Å²) >= 11 is 0. The Morgan fingerprint density at radius 1 is 1.24 bits per heavy atom. The first kappa shape index (κ1) is 12.2. The molecule has 2 heteroatoms. The van der Waals surface area contributed by atoms with Crippen molar-refractivity contribution in [3.8, 4) is 0 Å². The number of hydrogen-bond donors (Lipinski definition) is 1. The number of aryl methyl sites for hydroxylation is 1. The van der Waals surface area contributed by atoms with Crippen molar-refractivity contribution < 1.29 is 0 Å². The van der Waals surface area contributed by atoms with Gasteiger partial charge in [-0.3, -0.25) is 0 Å². The topological polar surface area (TPSA) is 30.9 Å². The molecule has 0 aliphatic rings. The van der Waals surface area contributed by atoms with Gasteiger partial charge in [-0.15, -0.1) is 0 Å². The lowest BCUT2D eigenvalue weighted by atomic mass is 10.1. The Balaban J connectivity index is 2.22. The first-order valence-electron chi connectivity index (χ1n) is 6.49. The standard InChI is InChI=1S/C15H22N2/c1-12(2)6-5-9-17-11-13(10-16)14-7-3-4-8-15(14)17/h3-4,7-8,11-12H,5-6,9-10,16H2,1-2H3. The van der Waals surface area contributed by atoms with Crippen molar-refractivity contribution >= 4 is 10.9 Å². The summed E-state index contributed by atoms with van der Waals surface area (Å²) in [6.45, 7) is 6.27. The zero-order chi connectivity index (χ0) is 12.3. The van der Waals surface area contributed by atoms with Crippen LogP contribution in [0.2, 0.25) is 0 Å². The Morgan fingerprint density at radius 2 is 2.00 bits per heavy atom. The molecule has 0 aliphatic heterocycles. The van der Waals surface area contributed by atoms with Crippen LogP contribution < -0.4 is 5.73 Å². The van der Waals surface area contributed by atoms with Crippen LogP contribution in [-0.4, -0.2) is 4.57 Å². The van der Waals surface area contributed by atoms with E-state index < -0.39 is 0 Å². The zero-order valence-corrected chi connectivity index (χ0v) is 10.8. The number of nitrogens with two attached hydrogens (primary N) is 1. The lowest BCUT2D eigenvalue weighted by Crippen LogP contribution is -1.99. The molecule has 0 bridgehead atoms. The van der Waals surface area contributed by atoms with Crippen molar-refractivity contribution in [2.75, 3.05) is 0 Å². The molecule has 0 spiro atoms. The highest BCUT2D eigenvalue weighted by atomic mass is 15.0. The van der Waals surface area contributed by atoms with Crippen LogP contribution in [0.1, 0.15) is 32.3 Å². The summed E-state index contributed by atoms with van der Waals surface area (Å²) < 4.78 is 2.35. The predicted molar refractivity (Wildman–Crippen MR) is 73.9 cm³/mol. The lowest BCUT2D eigenvalue weighted by Gasteiger charge is -2.07. The SMILES string of the molecule is CC(C)CCCn1cc(CN)c2ccccc21. The molecule has 2 aromatic rings. The minimum atomic E-state index is 0.623. The van der Waals surface area contributed by atoms with E-state index in [1.165, 1.54) is 29.3 Å². The normalized spacial score (nSPS) is 11.5. The molecule has 0 saturated heterocycles. The van der Waals surface area contributed by atoms with E-state index >= 15 is 0 Å². The minimum absolute atomic E-state index is 0.623. The fraction of sp³-hybridized carbons (Fsp3) is 0.467. The average molecular weight is 230 g/mol. The molecule has 1 heterocycles. The number of rotatable bonds is 5. The second-order valence-electron chi connectivity index (χ2n) is 5.11. The van der Waals surface area contributed by atoms with Gasteiger partial charge in [0.25, 0.3) is 0 Å². The van der Waals surface area contributed by atoms with Crippen molar-refractivity contribution in [3.63, 3.8) is 0 Å². The molecule has 0 unspecified atom stereocenters. The summed E-state index contributed by atoms with van der Waals surface area (Å²) in [4.78, 5) is 0. The third-order valence-electron chi connectivity index (χ3n) is 3.27. The predicted octanol–water partition coefficient (Wildman–Crippen LogP) is 3.54. The van der Waals surface area contributed by atoms with Gasteiger partial charge in [0, 0.05) is 30.2 Å². The van der Waals surface area contributed by atoms with Gasteiger partial charge >= 0.3 is 0 Å². The highest BCUT2D eigenvalue weighted by Gasteiger charge is 2.06. The summed E-state index contributed by atoms with van der Waals surface area (Å²) in [5.74, 6) is 0.783. The zero-order valence-electron chi connectivity index (χ0n) is 10.8. The number of benzene rings is 1. The van der Waals surface area contributed by atoms with Crippen molar-refractivity contribution in [1.82, 2.24) is 4.57 Å². The Kier molecular flexibility index (Phi) is 3.85. The maximum Gasteiger partial charge on any atom is 0.0483 e. The summed E-state index contributed by atoms with van der Waals surface area (Å²) in [6, 6.07) is 8.53. The van der Waals surface area contributed by atoms with Crippen molar-refractivity contribution in [2.24, 2.45) is 11.7 Å². The molecule has 0 fully saturated rings. The van der Waals surface area contributed by atoms with Crippen LogP contribution in [0.5, 0.6) is 0 Å². The van der Waals surface area contributed by atoms with Gasteiger partial charge in [0.2, 0.25) is 0 Å². The van der Waals surface area contributed by atoms with Crippen LogP contribution >= 0.6 is 0 Å². The van der Waals surface area contributed by atoms with E-state index in [-0.39, 0.29) is 0 Å². The van der Waals surface area contributed by atoms with Crippen LogP contribution in [0.15, 0.2) is 30.5 Å². The third kappa shape index (κ3) is 2.70. The summed E-state index contributed by atoms with van der Waals surface area (Å²) in [5, 5.41) is 1.31. The molecular weight excluding hydrogens is 208 g/mol. The highest BCUT2D eigenvalue weighted by Crippen LogP contribution is 2.21. The van der Waals surface area contributed by atoms with Crippen LogP contribution in [0.4, 0.5) is 0 Å². The second-order valence-corrected chi connectivity index (χ2v) is 5.11. The second kappa shape index (κ2) is 5.37. The molecule has 0 atom stereocenters. The van der Waals surface area contributed by atoms with Crippen molar-refractivity contribution in [2.45, 2.75) is 39.8 Å². The lowest BCUT2D eigenvalue weighted by molar-refractivity contribution is 0.517. The molecule has 1 aromatic carbocycles. The summed E-state index contributed by atoms with van der Waals surface area (Å²) in [5.41, 5.74) is 8.36. The summed E-state index contributed by atoms with van der Waals surface area (Å²) in [7, 11) is 0. The first-order chi connectivity index (χ1) is 8.22. The molecule has 0 radical (unpaired) electrons. The Morgan fingerprint density at radius 3 is 2.71 bits per heavy atom. The number of fused-ring (bicyclic) bond motifs is 1. The number of hydrogen-bond acceptors (Lipinski definition) is 1. The fourth-order valence-corrected chi connectivity index (χ4v) is 2.34. The molecule has 2 rings (SSSR count). The van der Waals surface area contributed by atoms with Gasteiger partial charge in [0.05, 0.1) is 0 Å². The molecule has 0 aliphatic carbocycles. The molecule has 2 N–H and O–H groups in total. The van der Waals surface area contributed by atoms with E-state index in [9.17, 15) is 0 Å². The number of nitrogens with zero attached hydrogens (tertiary/aromatic N) is 1. The van der Waals surface area contributed by atoms with E-state index in [2.05, 4.69) is 48.9 Å². The van der Waals surface area contributed by atoms with Gasteiger partial charge in [0.1, 0.15) is 0 Å². The van der Waals surface area contributed by atoms with Gasteiger partial charge in [-0.2, -0.15) is 0 Å². The van der Waals surface area contributed by atoms with E-state index in [0.29, 0.717) is 6.54 Å². The largest absolute Gasteiger partial charge is 0.347 e. The van der Waals surface area contributed by atoms with E-state index in [0.717, 1.165) is 12.5 Å². The molecular formula is C15H22N2. The molecule has 0 amide bonds. The first-order valence-corrected chi connectivity index (χ1v) is 6.49. The van der Waals surface area contributed by atoms with Gasteiger partial charge in [-0.1, -0.05) is 32.0 Å². The van der Waals surface area contributed by atoms with Crippen LogP contribution in [0.3, 0.4) is 0 Å². The molecule has 1 aromatic heterocycles. The quantitative estimate of drug-likeness (QED) is 0.837. The number of para-hydroxylation sites is 1. The Labute approximate surface area is 103 Å². The maximum atomic E-state index is 5.79. The van der Waals surface area contributed by atoms with Crippen LogP contribution in [0.25, 0.3) is 10.9 Å². The van der Waals surface area contributed by atoms with Crippen LogP contribution in [-0.2, 0) is 13.1 Å². The minimum Gasteiger partial charge on any atom is -0.347 e. The third-order valence-corrected chi connectivity index (χ3v) is 3.27. The van der Waals surface area contributed by atoms with Gasteiger partial charge < -0.3 is 10.3 Å². The maximum absolute atomic E-state index is 5.79. The van der Waals surface area contributed by atoms with Gasteiger partial charge in [-0.05, 0) is 30.4 Å². The van der Waals surface area contributed by atoms with Crippen molar-refractivity contribution in [3.05, 3.63) is 36.0 Å². The average Bonchev–Trinajstić information content (AvgIpc) is 2.68. The van der Waals surface area contributed by atoms with E-state index in [4.69, 9.17) is 5.73 Å². The van der Waals surface area contributed by atoms with E-state index in [1.807, 2.05) is 0 Å². The molecule has 2 nitrogen and oxygen atoms in total. The van der Waals surface area contributed by atoms with Gasteiger partial charge in [-0.25, -0.2) is 0 Å². The highest BCUT2D eigenvalue weighted by molar-refractivity contribution is 5.83. The molecule has 92 valence electrons. The summed E-state index contributed by atoms with van der Waals surface area (Å²) in [6.07, 6.45) is 4.73. The molecule has 0 saturated carbocycles. The Bertz CT molecular complexity index is 483.